The van der Waals surface area contributed by atoms with Crippen LogP contribution < -0.4 is 5.32 Å². The zero-order valence-electron chi connectivity index (χ0n) is 9.30. The van der Waals surface area contributed by atoms with E-state index in [1.807, 2.05) is 0 Å². The number of benzene rings is 1. The van der Waals surface area contributed by atoms with Crippen molar-refractivity contribution in [2.45, 2.75) is 25.0 Å². The summed E-state index contributed by atoms with van der Waals surface area (Å²) >= 11 is 5.73. The minimum Gasteiger partial charge on any atom is -0.393 e. The SMILES string of the molecule is O=C(NC1CC(O)C1)c1cc(Cl)ccc1[N+](=O)[O-]. The molecule has 0 bridgehead atoms. The minimum absolute atomic E-state index is 0.0612. The Balaban J connectivity index is 2.18. The fourth-order valence-electron chi connectivity index (χ4n) is 1.82. The van der Waals surface area contributed by atoms with E-state index in [1.54, 1.807) is 0 Å². The first-order valence-electron chi connectivity index (χ1n) is 5.40. The van der Waals surface area contributed by atoms with Crippen molar-refractivity contribution in [3.8, 4) is 0 Å². The van der Waals surface area contributed by atoms with Gasteiger partial charge in [0.1, 0.15) is 5.56 Å². The van der Waals surface area contributed by atoms with E-state index in [1.165, 1.54) is 18.2 Å². The summed E-state index contributed by atoms with van der Waals surface area (Å²) in [5.41, 5.74) is -0.342. The van der Waals surface area contributed by atoms with Crippen LogP contribution in [-0.4, -0.2) is 28.1 Å². The molecule has 0 heterocycles. The number of aliphatic hydroxyl groups is 1. The van der Waals surface area contributed by atoms with Crippen molar-refractivity contribution in [3.63, 3.8) is 0 Å². The van der Waals surface area contributed by atoms with Crippen molar-refractivity contribution in [1.82, 2.24) is 5.32 Å². The lowest BCUT2D eigenvalue weighted by Crippen LogP contribution is -2.46. The number of amides is 1. The van der Waals surface area contributed by atoms with E-state index in [2.05, 4.69) is 5.32 Å². The number of nitro benzene ring substituents is 1. The Morgan fingerprint density at radius 3 is 2.72 bits per heavy atom. The van der Waals surface area contributed by atoms with Crippen molar-refractivity contribution in [2.75, 3.05) is 0 Å². The van der Waals surface area contributed by atoms with E-state index in [4.69, 9.17) is 16.7 Å². The van der Waals surface area contributed by atoms with E-state index < -0.39 is 16.9 Å². The Morgan fingerprint density at radius 1 is 1.50 bits per heavy atom. The highest BCUT2D eigenvalue weighted by Gasteiger charge is 2.30. The van der Waals surface area contributed by atoms with Crippen LogP contribution in [0.3, 0.4) is 0 Å². The minimum atomic E-state index is -0.624. The highest BCUT2D eigenvalue weighted by molar-refractivity contribution is 6.31. The molecule has 0 atom stereocenters. The van der Waals surface area contributed by atoms with Crippen LogP contribution in [-0.2, 0) is 0 Å². The maximum absolute atomic E-state index is 11.9. The highest BCUT2D eigenvalue weighted by atomic mass is 35.5. The van der Waals surface area contributed by atoms with Gasteiger partial charge in [-0.05, 0) is 25.0 Å². The molecule has 6 nitrogen and oxygen atoms in total. The van der Waals surface area contributed by atoms with Gasteiger partial charge in [0.05, 0.1) is 11.0 Å². The van der Waals surface area contributed by atoms with E-state index in [-0.39, 0.29) is 22.3 Å². The molecule has 0 aliphatic heterocycles. The molecule has 2 rings (SSSR count). The molecule has 1 saturated carbocycles. The number of halogens is 1. The molecule has 1 aromatic rings. The number of carbonyl (C=O) groups excluding carboxylic acids is 1. The molecule has 1 aliphatic rings. The summed E-state index contributed by atoms with van der Waals surface area (Å²) in [6, 6.07) is 3.70. The lowest BCUT2D eigenvalue weighted by Gasteiger charge is -2.31. The van der Waals surface area contributed by atoms with Gasteiger partial charge in [0, 0.05) is 17.1 Å². The van der Waals surface area contributed by atoms with Gasteiger partial charge in [0.25, 0.3) is 11.6 Å². The monoisotopic (exact) mass is 270 g/mol. The molecule has 0 unspecified atom stereocenters. The summed E-state index contributed by atoms with van der Waals surface area (Å²) < 4.78 is 0. The van der Waals surface area contributed by atoms with E-state index >= 15 is 0 Å². The van der Waals surface area contributed by atoms with Gasteiger partial charge in [-0.3, -0.25) is 14.9 Å². The van der Waals surface area contributed by atoms with Crippen molar-refractivity contribution in [1.29, 1.82) is 0 Å². The maximum atomic E-state index is 11.9. The molecule has 7 heteroatoms. The van der Waals surface area contributed by atoms with Gasteiger partial charge < -0.3 is 10.4 Å². The fraction of sp³-hybridized carbons (Fsp3) is 0.364. The van der Waals surface area contributed by atoms with E-state index in [0.717, 1.165) is 0 Å². The maximum Gasteiger partial charge on any atom is 0.282 e. The second-order valence-electron chi connectivity index (χ2n) is 4.21. The Kier molecular flexibility index (Phi) is 3.49. The van der Waals surface area contributed by atoms with Crippen molar-refractivity contribution < 1.29 is 14.8 Å². The van der Waals surface area contributed by atoms with E-state index in [9.17, 15) is 14.9 Å². The van der Waals surface area contributed by atoms with Crippen LogP contribution in [0.5, 0.6) is 0 Å². The summed E-state index contributed by atoms with van der Waals surface area (Å²) in [6.45, 7) is 0. The second kappa shape index (κ2) is 4.91. The van der Waals surface area contributed by atoms with Crippen LogP contribution in [0.1, 0.15) is 23.2 Å². The molecule has 1 fully saturated rings. The zero-order valence-corrected chi connectivity index (χ0v) is 10.1. The van der Waals surface area contributed by atoms with Gasteiger partial charge in [0.15, 0.2) is 0 Å². The van der Waals surface area contributed by atoms with Gasteiger partial charge >= 0.3 is 0 Å². The number of rotatable bonds is 3. The quantitative estimate of drug-likeness (QED) is 0.643. The average Bonchev–Trinajstić information content (AvgIpc) is 2.26. The molecular weight excluding hydrogens is 260 g/mol. The number of aliphatic hydroxyl groups excluding tert-OH is 1. The van der Waals surface area contributed by atoms with Gasteiger partial charge in [-0.1, -0.05) is 11.6 Å². The summed E-state index contributed by atoms with van der Waals surface area (Å²) in [4.78, 5) is 22.1. The van der Waals surface area contributed by atoms with Crippen LogP contribution in [0.15, 0.2) is 18.2 Å². The van der Waals surface area contributed by atoms with Crippen LogP contribution in [0.2, 0.25) is 5.02 Å². The van der Waals surface area contributed by atoms with Crippen molar-refractivity contribution in [3.05, 3.63) is 38.9 Å². The zero-order chi connectivity index (χ0) is 13.3. The molecule has 0 aromatic heterocycles. The van der Waals surface area contributed by atoms with Gasteiger partial charge in [0.2, 0.25) is 0 Å². The smallest absolute Gasteiger partial charge is 0.282 e. The Labute approximate surface area is 108 Å². The number of nitro groups is 1. The van der Waals surface area contributed by atoms with Gasteiger partial charge in [-0.2, -0.15) is 0 Å². The van der Waals surface area contributed by atoms with Gasteiger partial charge in [-0.15, -0.1) is 0 Å². The van der Waals surface area contributed by atoms with Crippen molar-refractivity contribution in [2.24, 2.45) is 0 Å². The molecule has 96 valence electrons. The van der Waals surface area contributed by atoms with Crippen molar-refractivity contribution >= 4 is 23.2 Å². The van der Waals surface area contributed by atoms with Crippen LogP contribution in [0.4, 0.5) is 5.69 Å². The average molecular weight is 271 g/mol. The number of nitrogens with zero attached hydrogens (tertiary/aromatic N) is 1. The molecule has 0 spiro atoms. The van der Waals surface area contributed by atoms with Crippen LogP contribution in [0.25, 0.3) is 0 Å². The summed E-state index contributed by atoms with van der Waals surface area (Å²) in [5, 5.41) is 22.8. The Bertz CT molecular complexity index is 500. The first-order valence-corrected chi connectivity index (χ1v) is 5.78. The first kappa shape index (κ1) is 12.8. The number of hydrogen-bond acceptors (Lipinski definition) is 4. The third kappa shape index (κ3) is 2.60. The molecular formula is C11H11ClN2O4. The molecule has 1 amide bonds. The topological polar surface area (TPSA) is 92.5 Å². The first-order chi connectivity index (χ1) is 8.47. The standard InChI is InChI=1S/C11H11ClN2O4/c12-6-1-2-10(14(17)18)9(3-6)11(16)13-7-4-8(15)5-7/h1-3,7-8,15H,4-5H2,(H,13,16). The van der Waals surface area contributed by atoms with Crippen LogP contribution in [0, 0.1) is 10.1 Å². The molecule has 2 N–H and O–H groups in total. The predicted molar refractivity (Wildman–Crippen MR) is 64.6 cm³/mol. The lowest BCUT2D eigenvalue weighted by molar-refractivity contribution is -0.385. The third-order valence-corrected chi connectivity index (χ3v) is 3.08. The third-order valence-electron chi connectivity index (χ3n) is 2.85. The summed E-state index contributed by atoms with van der Waals surface area (Å²) in [7, 11) is 0. The Morgan fingerprint density at radius 2 is 2.17 bits per heavy atom. The number of carbonyl (C=O) groups is 1. The molecule has 1 aliphatic carbocycles. The van der Waals surface area contributed by atoms with Crippen LogP contribution >= 0.6 is 11.6 Å². The highest BCUT2D eigenvalue weighted by Crippen LogP contribution is 2.24. The largest absolute Gasteiger partial charge is 0.393 e. The van der Waals surface area contributed by atoms with Gasteiger partial charge in [-0.25, -0.2) is 0 Å². The normalized spacial score (nSPS) is 22.1. The molecule has 1 aromatic carbocycles. The fourth-order valence-corrected chi connectivity index (χ4v) is 1.99. The predicted octanol–water partition coefficient (Wildman–Crippen LogP) is 1.50. The second-order valence-corrected chi connectivity index (χ2v) is 4.65. The lowest BCUT2D eigenvalue weighted by atomic mass is 9.89. The molecule has 18 heavy (non-hydrogen) atoms. The summed E-state index contributed by atoms with van der Waals surface area (Å²) in [5.74, 6) is -0.541. The number of hydrogen-bond donors (Lipinski definition) is 2. The number of nitrogens with one attached hydrogen (secondary N) is 1. The summed E-state index contributed by atoms with van der Waals surface area (Å²) in [6.07, 6.45) is 0.546. The Hall–Kier alpha value is -1.66. The molecule has 0 saturated heterocycles. The molecule has 0 radical (unpaired) electrons. The van der Waals surface area contributed by atoms with E-state index in [0.29, 0.717) is 12.8 Å².